The molecular formula is C55H55N. The van der Waals surface area contributed by atoms with Crippen LogP contribution in [0.2, 0.25) is 0 Å². The first-order chi connectivity index (χ1) is 27.6. The van der Waals surface area contributed by atoms with Crippen molar-refractivity contribution in [3.8, 4) is 0 Å². The van der Waals surface area contributed by atoms with Gasteiger partial charge in [0.15, 0.2) is 0 Å². The van der Waals surface area contributed by atoms with Crippen LogP contribution in [0.1, 0.15) is 108 Å². The van der Waals surface area contributed by atoms with E-state index in [9.17, 15) is 0 Å². The summed E-state index contributed by atoms with van der Waals surface area (Å²) >= 11 is 0. The maximum Gasteiger partial charge on any atom is 0.0462 e. The van der Waals surface area contributed by atoms with Crippen LogP contribution in [0.5, 0.6) is 0 Å². The van der Waals surface area contributed by atoms with E-state index in [1.54, 1.807) is 0 Å². The number of rotatable bonds is 9. The summed E-state index contributed by atoms with van der Waals surface area (Å²) in [6.45, 7) is 4.25. The van der Waals surface area contributed by atoms with Crippen LogP contribution >= 0.6 is 0 Å². The lowest BCUT2D eigenvalue weighted by Gasteiger charge is -2.26. The van der Waals surface area contributed by atoms with Gasteiger partial charge in [-0.3, -0.25) is 0 Å². The summed E-state index contributed by atoms with van der Waals surface area (Å²) in [4.78, 5) is 2.36. The molecule has 280 valence electrons. The largest absolute Gasteiger partial charge is 0.311 e. The molecule has 3 aliphatic carbocycles. The second-order valence-corrected chi connectivity index (χ2v) is 15.9. The Labute approximate surface area is 335 Å². The Morgan fingerprint density at radius 3 is 1.29 bits per heavy atom. The van der Waals surface area contributed by atoms with Gasteiger partial charge in [-0.1, -0.05) is 146 Å². The van der Waals surface area contributed by atoms with Crippen LogP contribution in [-0.2, 0) is 25.7 Å². The van der Waals surface area contributed by atoms with E-state index in [4.69, 9.17) is 0 Å². The number of allylic oxidation sites excluding steroid dienone is 6. The van der Waals surface area contributed by atoms with Gasteiger partial charge >= 0.3 is 0 Å². The van der Waals surface area contributed by atoms with E-state index in [2.05, 4.69) is 175 Å². The molecule has 0 amide bonds. The van der Waals surface area contributed by atoms with Crippen molar-refractivity contribution in [2.75, 3.05) is 4.90 Å². The first-order valence-electron chi connectivity index (χ1n) is 21.1. The van der Waals surface area contributed by atoms with Crippen molar-refractivity contribution in [1.82, 2.24) is 0 Å². The lowest BCUT2D eigenvalue weighted by molar-refractivity contribution is 0.685. The zero-order valence-electron chi connectivity index (χ0n) is 32.9. The third-order valence-corrected chi connectivity index (χ3v) is 11.7. The Morgan fingerprint density at radius 2 is 0.786 bits per heavy atom. The molecule has 0 fully saturated rings. The van der Waals surface area contributed by atoms with Gasteiger partial charge in [-0.25, -0.2) is 0 Å². The molecule has 0 unspecified atom stereocenters. The van der Waals surface area contributed by atoms with Gasteiger partial charge in [0.1, 0.15) is 0 Å². The van der Waals surface area contributed by atoms with Crippen LogP contribution in [-0.4, -0.2) is 0 Å². The molecule has 1 nitrogen and oxygen atoms in total. The van der Waals surface area contributed by atoms with Crippen LogP contribution in [0.15, 0.2) is 151 Å². The zero-order chi connectivity index (χ0) is 37.9. The van der Waals surface area contributed by atoms with Crippen molar-refractivity contribution in [1.29, 1.82) is 0 Å². The Bertz CT molecular complexity index is 2160. The van der Waals surface area contributed by atoms with E-state index >= 15 is 0 Å². The molecule has 0 bridgehead atoms. The van der Waals surface area contributed by atoms with Crippen LogP contribution in [0.4, 0.5) is 17.1 Å². The van der Waals surface area contributed by atoms with Crippen molar-refractivity contribution in [2.45, 2.75) is 83.5 Å². The van der Waals surface area contributed by atoms with Gasteiger partial charge in [0.05, 0.1) is 0 Å². The number of fused-ring (bicyclic) bond motifs is 2. The fraction of sp³-hybridized carbons (Fsp3) is 0.236. The summed E-state index contributed by atoms with van der Waals surface area (Å²) in [5.41, 5.74) is 18.1. The van der Waals surface area contributed by atoms with Crippen molar-refractivity contribution < 1.29 is 0 Å². The number of anilines is 3. The third kappa shape index (κ3) is 9.76. The maximum absolute atomic E-state index is 4.25. The molecule has 5 aromatic carbocycles. The van der Waals surface area contributed by atoms with Gasteiger partial charge in [-0.15, -0.1) is 0 Å². The van der Waals surface area contributed by atoms with Crippen molar-refractivity contribution >= 4 is 47.4 Å². The second-order valence-electron chi connectivity index (χ2n) is 15.9. The molecule has 1 heteroatoms. The van der Waals surface area contributed by atoms with Gasteiger partial charge in [-0.05, 0) is 169 Å². The lowest BCUT2D eigenvalue weighted by Crippen LogP contribution is -2.09. The SMILES string of the molecule is C=C1\C=C/C(/C=C/c2ccc(N(c3ccc(/C=C/c4ccc5c(c4)CCCC5)cc3)c3ccc(/C=C/c4ccc5c(c4)CCCC5)cc3)cc2)=C\CCCCC1. The van der Waals surface area contributed by atoms with Gasteiger partial charge < -0.3 is 4.90 Å². The topological polar surface area (TPSA) is 3.24 Å². The lowest BCUT2D eigenvalue weighted by atomic mass is 9.90. The van der Waals surface area contributed by atoms with Crippen molar-refractivity contribution in [3.63, 3.8) is 0 Å². The highest BCUT2D eigenvalue weighted by molar-refractivity contribution is 5.80. The first-order valence-corrected chi connectivity index (χ1v) is 21.1. The fourth-order valence-corrected chi connectivity index (χ4v) is 8.37. The minimum absolute atomic E-state index is 1.09. The number of hydrogen-bond donors (Lipinski definition) is 0. The fourth-order valence-electron chi connectivity index (χ4n) is 8.37. The summed E-state index contributed by atoms with van der Waals surface area (Å²) in [6.07, 6.45) is 36.3. The number of aryl methyl sites for hydroxylation is 4. The molecule has 0 radical (unpaired) electrons. The Morgan fingerprint density at radius 1 is 0.375 bits per heavy atom. The molecular weight excluding hydrogens is 675 g/mol. The summed E-state index contributed by atoms with van der Waals surface area (Å²) < 4.78 is 0. The number of hydrogen-bond acceptors (Lipinski definition) is 1. The Kier molecular flexibility index (Phi) is 12.2. The van der Waals surface area contributed by atoms with E-state index in [0.717, 1.165) is 29.9 Å². The van der Waals surface area contributed by atoms with Crippen molar-refractivity contribution in [3.05, 3.63) is 201 Å². The average Bonchev–Trinajstić information content (AvgIpc) is 3.25. The monoisotopic (exact) mass is 729 g/mol. The Hall–Kier alpha value is -5.66. The molecule has 5 aromatic rings. The molecule has 0 atom stereocenters. The van der Waals surface area contributed by atoms with Crippen molar-refractivity contribution in [2.24, 2.45) is 0 Å². The van der Waals surface area contributed by atoms with E-state index in [1.807, 2.05) is 0 Å². The molecule has 8 rings (SSSR count). The molecule has 0 aromatic heterocycles. The van der Waals surface area contributed by atoms with Gasteiger partial charge in [0, 0.05) is 17.1 Å². The summed E-state index contributed by atoms with van der Waals surface area (Å²) in [6, 6.07) is 40.8. The Balaban J connectivity index is 1.04. The van der Waals surface area contributed by atoms with E-state index < -0.39 is 0 Å². The molecule has 3 aliphatic rings. The van der Waals surface area contributed by atoms with Crippen LogP contribution < -0.4 is 4.90 Å². The van der Waals surface area contributed by atoms with E-state index in [1.165, 1.54) is 132 Å². The minimum atomic E-state index is 1.09. The number of benzene rings is 5. The van der Waals surface area contributed by atoms with Gasteiger partial charge in [0.25, 0.3) is 0 Å². The molecule has 0 N–H and O–H groups in total. The molecule has 56 heavy (non-hydrogen) atoms. The van der Waals surface area contributed by atoms with Crippen LogP contribution in [0.25, 0.3) is 30.4 Å². The second kappa shape index (κ2) is 18.3. The first kappa shape index (κ1) is 37.3. The van der Waals surface area contributed by atoms with Crippen LogP contribution in [0, 0.1) is 0 Å². The van der Waals surface area contributed by atoms with Gasteiger partial charge in [-0.2, -0.15) is 0 Å². The zero-order valence-corrected chi connectivity index (χ0v) is 32.9. The van der Waals surface area contributed by atoms with E-state index in [-0.39, 0.29) is 0 Å². The maximum atomic E-state index is 4.25. The predicted octanol–water partition coefficient (Wildman–Crippen LogP) is 15.3. The summed E-state index contributed by atoms with van der Waals surface area (Å²) in [5, 5.41) is 0. The van der Waals surface area contributed by atoms with E-state index in [0.29, 0.717) is 0 Å². The third-order valence-electron chi connectivity index (χ3n) is 11.7. The van der Waals surface area contributed by atoms with Gasteiger partial charge in [0.2, 0.25) is 0 Å². The summed E-state index contributed by atoms with van der Waals surface area (Å²) in [7, 11) is 0. The quantitative estimate of drug-likeness (QED) is 0.137. The smallest absolute Gasteiger partial charge is 0.0462 e. The highest BCUT2D eigenvalue weighted by Crippen LogP contribution is 2.36. The highest BCUT2D eigenvalue weighted by Gasteiger charge is 2.14. The molecule has 0 saturated heterocycles. The standard InChI is InChI=1S/C55H55N/c1-42-10-4-2-3-5-11-43(17-16-42)18-19-44-26-34-53(35-27-44)56(54-36-28-45(29-37-54)20-22-47-24-32-49-12-6-8-14-51(49)40-47)55-38-30-46(31-39-55)21-23-48-25-33-50-13-7-9-15-52(50)41-48/h11,16-41H,1-10,12-15H2/b17-16-,19-18+,22-20+,23-21+,43-11+. The predicted molar refractivity (Wildman–Crippen MR) is 244 cm³/mol. The highest BCUT2D eigenvalue weighted by atomic mass is 15.1. The molecule has 0 aliphatic heterocycles. The average molecular weight is 730 g/mol. The molecule has 0 heterocycles. The minimum Gasteiger partial charge on any atom is -0.311 e. The number of nitrogens with zero attached hydrogens (tertiary/aromatic N) is 1. The molecule has 0 spiro atoms. The summed E-state index contributed by atoms with van der Waals surface area (Å²) in [5.74, 6) is 0. The normalized spacial score (nSPS) is 17.7. The molecule has 0 saturated carbocycles. The van der Waals surface area contributed by atoms with Crippen LogP contribution in [0.3, 0.4) is 0 Å².